The van der Waals surface area contributed by atoms with Crippen LogP contribution in [0.5, 0.6) is 0 Å². The molecule has 0 radical (unpaired) electrons. The molecule has 1 heterocycles. The second-order valence-corrected chi connectivity index (χ2v) is 6.20. The van der Waals surface area contributed by atoms with Crippen LogP contribution in [0.15, 0.2) is 24.3 Å². The Labute approximate surface area is 140 Å². The first-order chi connectivity index (χ1) is 11.2. The summed E-state index contributed by atoms with van der Waals surface area (Å²) in [6.45, 7) is 0.882. The number of benzene rings is 1. The summed E-state index contributed by atoms with van der Waals surface area (Å²) < 4.78 is 1.90. The number of hydrogen-bond donors (Lipinski definition) is 2. The Hall–Kier alpha value is -1.85. The van der Waals surface area contributed by atoms with E-state index in [1.54, 1.807) is 0 Å². The largest absolute Gasteiger partial charge is 0.349 e. The number of amides is 1. The molecule has 1 aliphatic rings. The quantitative estimate of drug-likeness (QED) is 0.845. The van der Waals surface area contributed by atoms with Gasteiger partial charge in [0.2, 0.25) is 0 Å². The monoisotopic (exact) mass is 332 g/mol. The molecule has 0 atom stereocenters. The van der Waals surface area contributed by atoms with E-state index in [4.69, 9.17) is 17.3 Å². The Morgan fingerprint density at radius 3 is 2.70 bits per heavy atom. The first-order valence-electron chi connectivity index (χ1n) is 8.05. The molecule has 23 heavy (non-hydrogen) atoms. The van der Waals surface area contributed by atoms with E-state index in [9.17, 15) is 4.79 Å². The SMILES string of the molecule is NCCNC(=O)c1nn(-c2ccc(Cl)cc2)c2c1CCCCC2. The van der Waals surface area contributed by atoms with Gasteiger partial charge in [-0.2, -0.15) is 5.10 Å². The Bertz CT molecular complexity index is 693. The van der Waals surface area contributed by atoms with Crippen molar-refractivity contribution >= 4 is 17.5 Å². The Morgan fingerprint density at radius 2 is 1.96 bits per heavy atom. The zero-order chi connectivity index (χ0) is 16.2. The van der Waals surface area contributed by atoms with E-state index < -0.39 is 0 Å². The Kier molecular flexibility index (Phi) is 4.98. The summed E-state index contributed by atoms with van der Waals surface area (Å²) in [5, 5.41) is 8.13. The fourth-order valence-electron chi connectivity index (χ4n) is 3.02. The van der Waals surface area contributed by atoms with Crippen LogP contribution < -0.4 is 11.1 Å². The highest BCUT2D eigenvalue weighted by Crippen LogP contribution is 2.26. The van der Waals surface area contributed by atoms with E-state index in [-0.39, 0.29) is 5.91 Å². The molecule has 5 nitrogen and oxygen atoms in total. The van der Waals surface area contributed by atoms with Crippen LogP contribution in [0.25, 0.3) is 5.69 Å². The van der Waals surface area contributed by atoms with Gasteiger partial charge >= 0.3 is 0 Å². The second-order valence-electron chi connectivity index (χ2n) is 5.77. The summed E-state index contributed by atoms with van der Waals surface area (Å²) in [4.78, 5) is 12.4. The van der Waals surface area contributed by atoms with Crippen LogP contribution >= 0.6 is 11.6 Å². The summed E-state index contributed by atoms with van der Waals surface area (Å²) >= 11 is 5.98. The van der Waals surface area contributed by atoms with Crippen molar-refractivity contribution in [3.05, 3.63) is 46.2 Å². The summed E-state index contributed by atoms with van der Waals surface area (Å²) in [7, 11) is 0. The van der Waals surface area contributed by atoms with Crippen LogP contribution in [0.1, 0.15) is 41.0 Å². The van der Waals surface area contributed by atoms with Gasteiger partial charge in [-0.15, -0.1) is 0 Å². The number of carbonyl (C=O) groups is 1. The number of rotatable bonds is 4. The maximum Gasteiger partial charge on any atom is 0.272 e. The van der Waals surface area contributed by atoms with Gasteiger partial charge in [-0.05, 0) is 49.9 Å². The van der Waals surface area contributed by atoms with E-state index in [2.05, 4.69) is 10.4 Å². The first-order valence-corrected chi connectivity index (χ1v) is 8.43. The minimum atomic E-state index is -0.138. The van der Waals surface area contributed by atoms with Crippen LogP contribution in [0.4, 0.5) is 0 Å². The normalized spacial score (nSPS) is 14.2. The van der Waals surface area contributed by atoms with Crippen molar-refractivity contribution in [1.29, 1.82) is 0 Å². The predicted octanol–water partition coefficient (Wildman–Crippen LogP) is 2.48. The van der Waals surface area contributed by atoms with Crippen LogP contribution in [-0.4, -0.2) is 28.8 Å². The maximum atomic E-state index is 12.4. The Morgan fingerprint density at radius 1 is 1.22 bits per heavy atom. The molecule has 0 aliphatic heterocycles. The predicted molar refractivity (Wildman–Crippen MR) is 91.2 cm³/mol. The number of carbonyl (C=O) groups excluding carboxylic acids is 1. The van der Waals surface area contributed by atoms with E-state index in [0.29, 0.717) is 23.8 Å². The number of aromatic nitrogens is 2. The second kappa shape index (κ2) is 7.15. The van der Waals surface area contributed by atoms with Crippen molar-refractivity contribution in [2.24, 2.45) is 5.73 Å². The van der Waals surface area contributed by atoms with Crippen molar-refractivity contribution in [3.63, 3.8) is 0 Å². The van der Waals surface area contributed by atoms with Gasteiger partial charge in [0.25, 0.3) is 5.91 Å². The third-order valence-electron chi connectivity index (χ3n) is 4.15. The molecule has 0 saturated carbocycles. The van der Waals surface area contributed by atoms with Crippen molar-refractivity contribution in [3.8, 4) is 5.69 Å². The van der Waals surface area contributed by atoms with Crippen molar-refractivity contribution in [2.45, 2.75) is 32.1 Å². The highest BCUT2D eigenvalue weighted by atomic mass is 35.5. The highest BCUT2D eigenvalue weighted by molar-refractivity contribution is 6.30. The molecular formula is C17H21ClN4O. The minimum absolute atomic E-state index is 0.138. The molecule has 3 N–H and O–H groups in total. The topological polar surface area (TPSA) is 72.9 Å². The van der Waals surface area contributed by atoms with Crippen LogP contribution in [0.2, 0.25) is 5.02 Å². The lowest BCUT2D eigenvalue weighted by Crippen LogP contribution is -2.30. The van der Waals surface area contributed by atoms with Crippen LogP contribution in [0, 0.1) is 0 Å². The number of fused-ring (bicyclic) bond motifs is 1. The third kappa shape index (κ3) is 3.41. The molecule has 0 spiro atoms. The first kappa shape index (κ1) is 16.0. The lowest BCUT2D eigenvalue weighted by Gasteiger charge is -2.07. The molecule has 2 aromatic rings. The van der Waals surface area contributed by atoms with Gasteiger partial charge in [0.05, 0.1) is 5.69 Å². The molecule has 6 heteroatoms. The summed E-state index contributed by atoms with van der Waals surface area (Å²) in [5.74, 6) is -0.138. The number of halogens is 1. The van der Waals surface area contributed by atoms with Crippen LogP contribution in [0.3, 0.4) is 0 Å². The van der Waals surface area contributed by atoms with Gasteiger partial charge in [-0.3, -0.25) is 4.79 Å². The van der Waals surface area contributed by atoms with Gasteiger partial charge in [0.15, 0.2) is 5.69 Å². The molecule has 1 aliphatic carbocycles. The summed E-state index contributed by atoms with van der Waals surface area (Å²) in [6, 6.07) is 7.55. The zero-order valence-corrected chi connectivity index (χ0v) is 13.8. The van der Waals surface area contributed by atoms with Crippen molar-refractivity contribution in [2.75, 3.05) is 13.1 Å². The summed E-state index contributed by atoms with van der Waals surface area (Å²) in [5.41, 5.74) is 9.16. The number of nitrogens with one attached hydrogen (secondary N) is 1. The average molecular weight is 333 g/mol. The van der Waals surface area contributed by atoms with Crippen molar-refractivity contribution in [1.82, 2.24) is 15.1 Å². The maximum absolute atomic E-state index is 12.4. The molecule has 3 rings (SSSR count). The zero-order valence-electron chi connectivity index (χ0n) is 13.0. The molecule has 0 unspecified atom stereocenters. The fourth-order valence-corrected chi connectivity index (χ4v) is 3.15. The van der Waals surface area contributed by atoms with E-state index in [1.165, 1.54) is 6.42 Å². The standard InChI is InChI=1S/C17H21ClN4O/c18-12-6-8-13(9-7-12)22-15-5-3-1-2-4-14(15)16(21-22)17(23)20-11-10-19/h6-9H,1-5,10-11,19H2,(H,20,23). The number of hydrogen-bond acceptors (Lipinski definition) is 3. The smallest absolute Gasteiger partial charge is 0.272 e. The van der Waals surface area contributed by atoms with Gasteiger partial charge in [0, 0.05) is 29.4 Å². The number of nitrogens with zero attached hydrogens (tertiary/aromatic N) is 2. The van der Waals surface area contributed by atoms with Crippen molar-refractivity contribution < 1.29 is 4.79 Å². The lowest BCUT2D eigenvalue weighted by atomic mass is 10.1. The minimum Gasteiger partial charge on any atom is -0.349 e. The highest BCUT2D eigenvalue weighted by Gasteiger charge is 2.24. The van der Waals surface area contributed by atoms with Crippen LogP contribution in [-0.2, 0) is 12.8 Å². The molecule has 1 aromatic carbocycles. The molecule has 0 bridgehead atoms. The van der Waals surface area contributed by atoms with E-state index in [0.717, 1.165) is 42.6 Å². The van der Waals surface area contributed by atoms with Gasteiger partial charge in [-0.25, -0.2) is 4.68 Å². The Balaban J connectivity index is 2.04. The summed E-state index contributed by atoms with van der Waals surface area (Å²) in [6.07, 6.45) is 5.23. The van der Waals surface area contributed by atoms with E-state index >= 15 is 0 Å². The third-order valence-corrected chi connectivity index (χ3v) is 4.40. The number of nitrogens with two attached hydrogens (primary N) is 1. The molecule has 122 valence electrons. The van der Waals surface area contributed by atoms with Gasteiger partial charge in [0.1, 0.15) is 0 Å². The molecular weight excluding hydrogens is 312 g/mol. The molecule has 1 amide bonds. The molecule has 1 aromatic heterocycles. The lowest BCUT2D eigenvalue weighted by molar-refractivity contribution is 0.0948. The molecule has 0 fully saturated rings. The fraction of sp³-hybridized carbons (Fsp3) is 0.412. The van der Waals surface area contributed by atoms with Gasteiger partial charge < -0.3 is 11.1 Å². The van der Waals surface area contributed by atoms with Gasteiger partial charge in [-0.1, -0.05) is 18.0 Å². The average Bonchev–Trinajstić information content (AvgIpc) is 2.75. The molecule has 0 saturated heterocycles. The van der Waals surface area contributed by atoms with E-state index in [1.807, 2.05) is 28.9 Å².